The summed E-state index contributed by atoms with van der Waals surface area (Å²) in [6, 6.07) is 0. The third-order valence-corrected chi connectivity index (χ3v) is 11.8. The number of unbranched alkanes of at least 4 members (excludes halogenated alkanes) is 12. The first-order valence-electron chi connectivity index (χ1n) is 27.4. The highest BCUT2D eigenvalue weighted by molar-refractivity contribution is 7.47. The number of aliphatic hydroxyl groups excluding tert-OH is 1. The van der Waals surface area contributed by atoms with Gasteiger partial charge in [0.2, 0.25) is 0 Å². The van der Waals surface area contributed by atoms with Gasteiger partial charge in [0.25, 0.3) is 0 Å². The lowest BCUT2D eigenvalue weighted by atomic mass is 10.1. The molecule has 0 saturated carbocycles. The number of phosphoric acid groups is 1. The number of allylic oxidation sites excluding steroid dienone is 20. The standard InChI is InChI=1S/C60H97O11P/c1-4-7-10-13-16-19-22-25-27-28-30-33-36-39-42-45-48-51-60(64)71-57(53-67-58(62)49-46-43-40-37-34-31-24-21-18-15-12-9-6-3)55-69-72(65,66)68-54-56(52-61)70-59(63)50-47-44-41-38-35-32-29-26-23-20-17-14-11-8-5-2/h7-8,10-12,15-17,19-21,24-27,29-30,33,39,42,56-57,61H,4-6,9,13-14,18,22-23,28,31-32,34-38,40-41,43-55H2,1-3H3,(H,65,66)/b10-7-,11-8-,15-12-,19-16-,20-17-,24-21-,27-25-,29-26-,33-30-,42-39-. The summed E-state index contributed by atoms with van der Waals surface area (Å²) in [5.74, 6) is -1.59. The fourth-order valence-electron chi connectivity index (χ4n) is 6.74. The highest BCUT2D eigenvalue weighted by Gasteiger charge is 2.28. The second kappa shape index (κ2) is 53.2. The Labute approximate surface area is 437 Å². The van der Waals surface area contributed by atoms with Gasteiger partial charge in [-0.05, 0) is 116 Å². The van der Waals surface area contributed by atoms with Crippen LogP contribution in [0.5, 0.6) is 0 Å². The number of aliphatic hydroxyl groups is 1. The molecule has 0 aromatic rings. The molecule has 0 saturated heterocycles. The number of ether oxygens (including phenoxy) is 3. The maximum absolute atomic E-state index is 12.9. The van der Waals surface area contributed by atoms with E-state index in [0.717, 1.165) is 135 Å². The zero-order valence-electron chi connectivity index (χ0n) is 44.8. The minimum Gasteiger partial charge on any atom is -0.462 e. The first kappa shape index (κ1) is 67.9. The summed E-state index contributed by atoms with van der Waals surface area (Å²) < 4.78 is 39.4. The topological polar surface area (TPSA) is 155 Å². The first-order valence-corrected chi connectivity index (χ1v) is 28.9. The zero-order chi connectivity index (χ0) is 52.7. The first-order chi connectivity index (χ1) is 35.2. The van der Waals surface area contributed by atoms with E-state index in [1.54, 1.807) is 0 Å². The minimum absolute atomic E-state index is 0.0785. The summed E-state index contributed by atoms with van der Waals surface area (Å²) in [5, 5.41) is 9.80. The molecule has 0 aliphatic carbocycles. The summed E-state index contributed by atoms with van der Waals surface area (Å²) >= 11 is 0. The van der Waals surface area contributed by atoms with Crippen molar-refractivity contribution in [3.63, 3.8) is 0 Å². The van der Waals surface area contributed by atoms with Crippen LogP contribution in [-0.4, -0.2) is 66.5 Å². The van der Waals surface area contributed by atoms with Crippen LogP contribution >= 0.6 is 7.82 Å². The van der Waals surface area contributed by atoms with Gasteiger partial charge in [0.15, 0.2) is 6.10 Å². The van der Waals surface area contributed by atoms with Gasteiger partial charge in [0.1, 0.15) is 12.7 Å². The van der Waals surface area contributed by atoms with Crippen molar-refractivity contribution in [2.75, 3.05) is 26.4 Å². The number of carbonyl (C=O) groups excluding carboxylic acids is 3. The van der Waals surface area contributed by atoms with E-state index in [0.29, 0.717) is 25.7 Å². The molecule has 408 valence electrons. The lowest BCUT2D eigenvalue weighted by Gasteiger charge is -2.21. The van der Waals surface area contributed by atoms with Gasteiger partial charge in [-0.1, -0.05) is 187 Å². The molecule has 0 amide bonds. The maximum atomic E-state index is 12.9. The third-order valence-electron chi connectivity index (χ3n) is 10.8. The van der Waals surface area contributed by atoms with Crippen molar-refractivity contribution in [2.24, 2.45) is 0 Å². The number of phosphoric ester groups is 1. The van der Waals surface area contributed by atoms with Crippen LogP contribution in [-0.2, 0) is 42.2 Å². The summed E-state index contributed by atoms with van der Waals surface area (Å²) in [6.45, 7) is 4.23. The molecule has 11 nitrogen and oxygen atoms in total. The van der Waals surface area contributed by atoms with Crippen LogP contribution in [0.3, 0.4) is 0 Å². The van der Waals surface area contributed by atoms with Crippen LogP contribution in [0.15, 0.2) is 122 Å². The highest BCUT2D eigenvalue weighted by Crippen LogP contribution is 2.43. The van der Waals surface area contributed by atoms with Crippen molar-refractivity contribution in [1.82, 2.24) is 0 Å². The molecular weight excluding hydrogens is 928 g/mol. The van der Waals surface area contributed by atoms with Gasteiger partial charge in [-0.25, -0.2) is 4.57 Å². The van der Waals surface area contributed by atoms with Crippen LogP contribution < -0.4 is 0 Å². The number of rotatable bonds is 49. The molecule has 0 fully saturated rings. The van der Waals surface area contributed by atoms with E-state index in [1.807, 2.05) is 12.2 Å². The summed E-state index contributed by atoms with van der Waals surface area (Å²) in [7, 11) is -4.78. The Bertz CT molecular complexity index is 1670. The fourth-order valence-corrected chi connectivity index (χ4v) is 7.52. The number of hydrogen-bond donors (Lipinski definition) is 2. The van der Waals surface area contributed by atoms with Gasteiger partial charge in [-0.15, -0.1) is 0 Å². The van der Waals surface area contributed by atoms with E-state index in [9.17, 15) is 28.9 Å². The van der Waals surface area contributed by atoms with Crippen molar-refractivity contribution in [3.8, 4) is 0 Å². The zero-order valence-corrected chi connectivity index (χ0v) is 45.7. The Kier molecular flexibility index (Phi) is 50.1. The average molecular weight is 1030 g/mol. The minimum atomic E-state index is -4.78. The lowest BCUT2D eigenvalue weighted by Crippen LogP contribution is -2.30. The molecule has 0 heterocycles. The van der Waals surface area contributed by atoms with Gasteiger partial charge < -0.3 is 24.2 Å². The summed E-state index contributed by atoms with van der Waals surface area (Å²) in [5.41, 5.74) is 0. The van der Waals surface area contributed by atoms with E-state index in [-0.39, 0.29) is 25.9 Å². The third kappa shape index (κ3) is 50.8. The molecule has 0 radical (unpaired) electrons. The van der Waals surface area contributed by atoms with E-state index >= 15 is 0 Å². The van der Waals surface area contributed by atoms with Crippen molar-refractivity contribution in [3.05, 3.63) is 122 Å². The lowest BCUT2D eigenvalue weighted by molar-refractivity contribution is -0.161. The van der Waals surface area contributed by atoms with Gasteiger partial charge in [-0.2, -0.15) is 0 Å². The van der Waals surface area contributed by atoms with Crippen LogP contribution in [0.25, 0.3) is 0 Å². The molecule has 0 aromatic carbocycles. The number of esters is 3. The predicted octanol–water partition coefficient (Wildman–Crippen LogP) is 16.0. The Morgan fingerprint density at radius 2 is 0.736 bits per heavy atom. The largest absolute Gasteiger partial charge is 0.472 e. The molecule has 0 aliphatic heterocycles. The van der Waals surface area contributed by atoms with E-state index in [2.05, 4.69) is 130 Å². The van der Waals surface area contributed by atoms with Crippen LogP contribution in [0, 0.1) is 0 Å². The van der Waals surface area contributed by atoms with Crippen molar-refractivity contribution >= 4 is 25.7 Å². The Hall–Kier alpha value is -4.12. The molecule has 0 bridgehead atoms. The molecule has 0 aliphatic rings. The van der Waals surface area contributed by atoms with E-state index in [1.165, 1.54) is 0 Å². The Morgan fingerprint density at radius 1 is 0.403 bits per heavy atom. The molecule has 3 unspecified atom stereocenters. The number of hydrogen-bond acceptors (Lipinski definition) is 10. The Balaban J connectivity index is 4.86. The highest BCUT2D eigenvalue weighted by atomic mass is 31.2. The average Bonchev–Trinajstić information content (AvgIpc) is 3.37. The molecule has 0 rings (SSSR count). The van der Waals surface area contributed by atoms with Gasteiger partial charge >= 0.3 is 25.7 Å². The van der Waals surface area contributed by atoms with Crippen molar-refractivity contribution in [1.29, 1.82) is 0 Å². The smallest absolute Gasteiger partial charge is 0.462 e. The van der Waals surface area contributed by atoms with Gasteiger partial charge in [0, 0.05) is 19.3 Å². The van der Waals surface area contributed by atoms with Crippen molar-refractivity contribution < 1.29 is 52.2 Å². The van der Waals surface area contributed by atoms with Crippen LogP contribution in [0.1, 0.15) is 201 Å². The van der Waals surface area contributed by atoms with Crippen LogP contribution in [0.2, 0.25) is 0 Å². The predicted molar refractivity (Wildman–Crippen MR) is 297 cm³/mol. The van der Waals surface area contributed by atoms with E-state index in [4.69, 9.17) is 23.3 Å². The summed E-state index contributed by atoms with van der Waals surface area (Å²) in [4.78, 5) is 48.4. The van der Waals surface area contributed by atoms with Crippen molar-refractivity contribution in [2.45, 2.75) is 213 Å². The molecule has 0 aromatic heterocycles. The monoisotopic (exact) mass is 1020 g/mol. The quantitative estimate of drug-likeness (QED) is 0.0197. The molecular formula is C60H97O11P. The van der Waals surface area contributed by atoms with Crippen LogP contribution in [0.4, 0.5) is 0 Å². The molecule has 72 heavy (non-hydrogen) atoms. The summed E-state index contributed by atoms with van der Waals surface area (Å²) in [6.07, 6.45) is 64.5. The van der Waals surface area contributed by atoms with Gasteiger partial charge in [0.05, 0.1) is 19.8 Å². The molecule has 3 atom stereocenters. The number of carbonyl (C=O) groups is 3. The second-order valence-electron chi connectivity index (χ2n) is 17.6. The SMILES string of the molecule is CC/C=C\C/C=C\C/C=C\C/C=C\C/C=C\CCCC(=O)OC(COC(=O)CCCCCCC/C=C\C/C=C\CCC)COP(=O)(O)OCC(CO)OC(=O)CCCCCCC/C=C\C/C=C\C/C=C\CC. The van der Waals surface area contributed by atoms with E-state index < -0.39 is 57.8 Å². The normalized spacial score (nSPS) is 14.3. The second-order valence-corrected chi connectivity index (χ2v) is 19.1. The van der Waals surface area contributed by atoms with Gasteiger partial charge in [-0.3, -0.25) is 23.4 Å². The molecule has 2 N–H and O–H groups in total. The molecule has 0 spiro atoms. The maximum Gasteiger partial charge on any atom is 0.472 e. The molecule has 12 heteroatoms. The fraction of sp³-hybridized carbons (Fsp3) is 0.617. The Morgan fingerprint density at radius 3 is 1.17 bits per heavy atom.